The largest absolute Gasteiger partial charge is 0.307 e. The second-order valence-electron chi connectivity index (χ2n) is 4.95. The van der Waals surface area contributed by atoms with Crippen molar-refractivity contribution in [1.82, 2.24) is 24.5 Å². The number of hydrogen-bond donors (Lipinski definition) is 0. The van der Waals surface area contributed by atoms with Crippen molar-refractivity contribution in [2.45, 2.75) is 24.5 Å². The molecule has 0 spiro atoms. The molecular weight excluding hydrogens is 387 g/mol. The molecule has 0 aliphatic heterocycles. The standard InChI is InChI=1S/C14H12Cl2N6O2S/c1-2-21-13(9-3-4-11(15)12(16)5-9)18-19-14(21)25-8-20-7-10(6-17-20)22(23)24/h3-7H,2,8H2,1H3. The van der Waals surface area contributed by atoms with Crippen LogP contribution in [-0.4, -0.2) is 29.5 Å². The van der Waals surface area contributed by atoms with Gasteiger partial charge in [0.2, 0.25) is 0 Å². The van der Waals surface area contributed by atoms with Crippen molar-refractivity contribution in [3.05, 3.63) is 50.8 Å². The van der Waals surface area contributed by atoms with Gasteiger partial charge < -0.3 is 4.57 Å². The molecule has 0 radical (unpaired) electrons. The van der Waals surface area contributed by atoms with Crippen LogP contribution in [0.25, 0.3) is 11.4 Å². The molecule has 1 aromatic carbocycles. The number of rotatable bonds is 6. The minimum atomic E-state index is -0.481. The van der Waals surface area contributed by atoms with Crippen LogP contribution in [0, 0.1) is 10.1 Å². The summed E-state index contributed by atoms with van der Waals surface area (Å²) in [6, 6.07) is 5.28. The highest BCUT2D eigenvalue weighted by Gasteiger charge is 2.15. The Morgan fingerprint density at radius 1 is 1.28 bits per heavy atom. The number of thioether (sulfide) groups is 1. The molecule has 0 atom stereocenters. The van der Waals surface area contributed by atoms with E-state index in [1.54, 1.807) is 12.1 Å². The maximum absolute atomic E-state index is 10.7. The molecule has 3 rings (SSSR count). The quantitative estimate of drug-likeness (QED) is 0.352. The molecule has 25 heavy (non-hydrogen) atoms. The van der Waals surface area contributed by atoms with E-state index in [9.17, 15) is 10.1 Å². The Morgan fingerprint density at radius 3 is 2.72 bits per heavy atom. The van der Waals surface area contributed by atoms with Crippen molar-refractivity contribution in [3.8, 4) is 11.4 Å². The summed E-state index contributed by atoms with van der Waals surface area (Å²) in [5.74, 6) is 1.06. The van der Waals surface area contributed by atoms with Crippen molar-refractivity contribution < 1.29 is 4.92 Å². The van der Waals surface area contributed by atoms with Crippen LogP contribution in [0.2, 0.25) is 10.0 Å². The topological polar surface area (TPSA) is 91.7 Å². The molecule has 0 bridgehead atoms. The van der Waals surface area contributed by atoms with Gasteiger partial charge in [-0.25, -0.2) is 0 Å². The van der Waals surface area contributed by atoms with Gasteiger partial charge in [-0.3, -0.25) is 14.8 Å². The fourth-order valence-electron chi connectivity index (χ4n) is 2.17. The molecule has 2 heterocycles. The Kier molecular flexibility index (Phi) is 5.26. The summed E-state index contributed by atoms with van der Waals surface area (Å²) in [6.07, 6.45) is 2.59. The Morgan fingerprint density at radius 2 is 2.08 bits per heavy atom. The van der Waals surface area contributed by atoms with Gasteiger partial charge in [0.1, 0.15) is 12.4 Å². The monoisotopic (exact) mass is 398 g/mol. The molecule has 11 heteroatoms. The molecule has 0 N–H and O–H groups in total. The van der Waals surface area contributed by atoms with Gasteiger partial charge >= 0.3 is 5.69 Å². The van der Waals surface area contributed by atoms with Crippen molar-refractivity contribution >= 4 is 40.7 Å². The fraction of sp³-hybridized carbons (Fsp3) is 0.214. The molecule has 0 amide bonds. The molecule has 0 unspecified atom stereocenters. The Balaban J connectivity index is 1.81. The normalized spacial score (nSPS) is 11.0. The summed E-state index contributed by atoms with van der Waals surface area (Å²) < 4.78 is 3.42. The average molecular weight is 399 g/mol. The van der Waals surface area contributed by atoms with Crippen molar-refractivity contribution in [2.24, 2.45) is 0 Å². The highest BCUT2D eigenvalue weighted by atomic mass is 35.5. The van der Waals surface area contributed by atoms with Gasteiger partial charge in [0.25, 0.3) is 0 Å². The summed E-state index contributed by atoms with van der Waals surface area (Å²) in [7, 11) is 0. The van der Waals surface area contributed by atoms with Gasteiger partial charge in [-0.1, -0.05) is 35.0 Å². The highest BCUT2D eigenvalue weighted by molar-refractivity contribution is 7.98. The molecule has 2 aromatic heterocycles. The zero-order valence-corrected chi connectivity index (χ0v) is 15.3. The first-order valence-corrected chi connectivity index (χ1v) is 8.92. The van der Waals surface area contributed by atoms with Gasteiger partial charge in [-0.15, -0.1) is 10.2 Å². The van der Waals surface area contributed by atoms with Gasteiger partial charge in [-0.2, -0.15) is 5.10 Å². The zero-order chi connectivity index (χ0) is 18.0. The van der Waals surface area contributed by atoms with E-state index in [4.69, 9.17) is 23.2 Å². The van der Waals surface area contributed by atoms with E-state index in [-0.39, 0.29) is 5.69 Å². The molecule has 0 saturated carbocycles. The Labute approximate surface area is 156 Å². The van der Waals surface area contributed by atoms with Crippen molar-refractivity contribution in [2.75, 3.05) is 0 Å². The molecule has 3 aromatic rings. The molecular formula is C14H12Cl2N6O2S. The number of aromatic nitrogens is 5. The summed E-state index contributed by atoms with van der Waals surface area (Å²) in [5.41, 5.74) is 0.763. The van der Waals surface area contributed by atoms with E-state index in [1.165, 1.54) is 28.8 Å². The van der Waals surface area contributed by atoms with Gasteiger partial charge in [0, 0.05) is 12.1 Å². The molecule has 0 aliphatic carbocycles. The SMILES string of the molecule is CCn1c(SCn2cc([N+](=O)[O-])cn2)nnc1-c1ccc(Cl)c(Cl)c1. The van der Waals surface area contributed by atoms with Gasteiger partial charge in [0.15, 0.2) is 11.0 Å². The van der Waals surface area contributed by atoms with Crippen LogP contribution in [0.15, 0.2) is 35.7 Å². The van der Waals surface area contributed by atoms with Crippen LogP contribution in [0.1, 0.15) is 6.92 Å². The second-order valence-corrected chi connectivity index (χ2v) is 6.67. The lowest BCUT2D eigenvalue weighted by Gasteiger charge is -2.08. The number of nitro groups is 1. The third-order valence-corrected chi connectivity index (χ3v) is 5.06. The lowest BCUT2D eigenvalue weighted by molar-refractivity contribution is -0.385. The molecule has 0 saturated heterocycles. The fourth-order valence-corrected chi connectivity index (χ4v) is 3.33. The lowest BCUT2D eigenvalue weighted by atomic mass is 10.2. The minimum Gasteiger partial charge on any atom is -0.302 e. The molecule has 0 fully saturated rings. The molecule has 130 valence electrons. The maximum Gasteiger partial charge on any atom is 0.307 e. The Hall–Kier alpha value is -2.10. The maximum atomic E-state index is 10.7. The number of benzene rings is 1. The molecule has 8 nitrogen and oxygen atoms in total. The predicted octanol–water partition coefficient (Wildman–Crippen LogP) is 4.13. The van der Waals surface area contributed by atoms with Gasteiger partial charge in [-0.05, 0) is 25.1 Å². The van der Waals surface area contributed by atoms with Crippen molar-refractivity contribution in [3.63, 3.8) is 0 Å². The first-order valence-electron chi connectivity index (χ1n) is 7.18. The number of hydrogen-bond acceptors (Lipinski definition) is 6. The second kappa shape index (κ2) is 7.42. The van der Waals surface area contributed by atoms with Crippen LogP contribution in [0.3, 0.4) is 0 Å². The summed E-state index contributed by atoms with van der Waals surface area (Å²) >= 11 is 13.4. The van der Waals surface area contributed by atoms with Crippen LogP contribution in [-0.2, 0) is 12.4 Å². The van der Waals surface area contributed by atoms with Gasteiger partial charge in [0.05, 0.1) is 20.8 Å². The zero-order valence-electron chi connectivity index (χ0n) is 13.0. The summed E-state index contributed by atoms with van der Waals surface area (Å²) in [5, 5.41) is 24.7. The highest BCUT2D eigenvalue weighted by Crippen LogP contribution is 2.30. The number of halogens is 2. The smallest absolute Gasteiger partial charge is 0.302 e. The Bertz CT molecular complexity index is 926. The first-order chi connectivity index (χ1) is 12.0. The van der Waals surface area contributed by atoms with Crippen LogP contribution in [0.4, 0.5) is 5.69 Å². The lowest BCUT2D eigenvalue weighted by Crippen LogP contribution is -2.01. The van der Waals surface area contributed by atoms with Crippen LogP contribution >= 0.6 is 35.0 Å². The minimum absolute atomic E-state index is 0.0472. The van der Waals surface area contributed by atoms with E-state index < -0.39 is 4.92 Å². The van der Waals surface area contributed by atoms with E-state index in [0.29, 0.717) is 33.4 Å². The first kappa shape index (κ1) is 17.7. The number of nitrogens with zero attached hydrogens (tertiary/aromatic N) is 6. The van der Waals surface area contributed by atoms with Crippen LogP contribution < -0.4 is 0 Å². The van der Waals surface area contributed by atoms with E-state index in [0.717, 1.165) is 5.56 Å². The predicted molar refractivity (Wildman–Crippen MR) is 95.9 cm³/mol. The third-order valence-electron chi connectivity index (χ3n) is 3.37. The van der Waals surface area contributed by atoms with E-state index in [1.807, 2.05) is 17.6 Å². The average Bonchev–Trinajstić information content (AvgIpc) is 3.21. The third kappa shape index (κ3) is 3.78. The van der Waals surface area contributed by atoms with Crippen molar-refractivity contribution in [1.29, 1.82) is 0 Å². The van der Waals surface area contributed by atoms with E-state index in [2.05, 4.69) is 15.3 Å². The van der Waals surface area contributed by atoms with Crippen LogP contribution in [0.5, 0.6) is 0 Å². The summed E-state index contributed by atoms with van der Waals surface area (Å²) in [4.78, 5) is 10.2. The van der Waals surface area contributed by atoms with E-state index >= 15 is 0 Å². The molecule has 0 aliphatic rings. The summed E-state index contributed by atoms with van der Waals surface area (Å²) in [6.45, 7) is 2.64.